The van der Waals surface area contributed by atoms with Gasteiger partial charge in [0.05, 0.1) is 7.11 Å². The van der Waals surface area contributed by atoms with Crippen LogP contribution in [-0.4, -0.2) is 28.7 Å². The van der Waals surface area contributed by atoms with Gasteiger partial charge in [0.2, 0.25) is 5.12 Å². The molecule has 122 valence electrons. The second kappa shape index (κ2) is 7.90. The number of carbonyl (C=O) groups excluding carboxylic acids is 1. The number of carbonyl (C=O) groups is 1. The second-order valence-corrected chi connectivity index (χ2v) is 7.54. The average molecular weight is 348 g/mol. The van der Waals surface area contributed by atoms with Crippen molar-refractivity contribution in [2.45, 2.75) is 29.2 Å². The van der Waals surface area contributed by atoms with E-state index in [1.807, 2.05) is 43.3 Å². The van der Waals surface area contributed by atoms with Crippen molar-refractivity contribution in [1.82, 2.24) is 0 Å². The van der Waals surface area contributed by atoms with Crippen LogP contribution in [-0.2, 0) is 4.79 Å². The Morgan fingerprint density at radius 3 is 2.22 bits per heavy atom. The monoisotopic (exact) mass is 348 g/mol. The van der Waals surface area contributed by atoms with Crippen molar-refractivity contribution in [3.63, 3.8) is 0 Å². The van der Waals surface area contributed by atoms with Crippen molar-refractivity contribution in [3.05, 3.63) is 54.1 Å². The topological polar surface area (TPSA) is 46.5 Å². The van der Waals surface area contributed by atoms with Crippen molar-refractivity contribution in [3.8, 4) is 5.75 Å². The third-order valence-electron chi connectivity index (χ3n) is 3.25. The van der Waals surface area contributed by atoms with Crippen molar-refractivity contribution in [2.75, 3.05) is 12.9 Å². The van der Waals surface area contributed by atoms with Gasteiger partial charge in [-0.25, -0.2) is 0 Å². The number of hydrogen-bond donors (Lipinski definition) is 1. The highest BCUT2D eigenvalue weighted by Gasteiger charge is 2.31. The largest absolute Gasteiger partial charge is 0.497 e. The SMILES string of the molecule is COc1ccc(SC(=O)[C@](C)(O)CSc2ccc(C)cc2)cc1. The predicted octanol–water partition coefficient (Wildman–Crippen LogP) is 4.17. The lowest BCUT2D eigenvalue weighted by Gasteiger charge is -2.20. The van der Waals surface area contributed by atoms with Gasteiger partial charge in [-0.2, -0.15) is 0 Å². The number of aryl methyl sites for hydroxylation is 1. The van der Waals surface area contributed by atoms with E-state index < -0.39 is 5.60 Å². The highest BCUT2D eigenvalue weighted by Crippen LogP contribution is 2.30. The molecule has 5 heteroatoms. The van der Waals surface area contributed by atoms with Gasteiger partial charge in [-0.05, 0) is 62.0 Å². The molecule has 0 amide bonds. The van der Waals surface area contributed by atoms with E-state index >= 15 is 0 Å². The first-order valence-corrected chi connectivity index (χ1v) is 8.99. The Hall–Kier alpha value is -1.43. The molecule has 0 spiro atoms. The van der Waals surface area contributed by atoms with Crippen LogP contribution in [0.1, 0.15) is 12.5 Å². The molecule has 0 bridgehead atoms. The Morgan fingerprint density at radius 1 is 1.09 bits per heavy atom. The van der Waals surface area contributed by atoms with E-state index in [4.69, 9.17) is 4.74 Å². The maximum atomic E-state index is 12.3. The summed E-state index contributed by atoms with van der Waals surface area (Å²) in [6, 6.07) is 15.2. The van der Waals surface area contributed by atoms with Crippen LogP contribution in [0.5, 0.6) is 5.75 Å². The summed E-state index contributed by atoms with van der Waals surface area (Å²) in [6.07, 6.45) is 0. The first-order chi connectivity index (χ1) is 10.9. The molecule has 0 radical (unpaired) electrons. The Morgan fingerprint density at radius 2 is 1.65 bits per heavy atom. The molecule has 0 aliphatic heterocycles. The van der Waals surface area contributed by atoms with Gasteiger partial charge < -0.3 is 9.84 Å². The molecule has 0 aromatic heterocycles. The Balaban J connectivity index is 1.94. The summed E-state index contributed by atoms with van der Waals surface area (Å²) in [4.78, 5) is 14.2. The van der Waals surface area contributed by atoms with Crippen LogP contribution in [0.15, 0.2) is 58.3 Å². The van der Waals surface area contributed by atoms with Gasteiger partial charge in [-0.3, -0.25) is 4.79 Å². The van der Waals surface area contributed by atoms with Crippen LogP contribution in [0.2, 0.25) is 0 Å². The molecular weight excluding hydrogens is 328 g/mol. The Labute approximate surface area is 145 Å². The minimum absolute atomic E-state index is 0.262. The number of thioether (sulfide) groups is 2. The molecule has 2 aromatic carbocycles. The molecule has 23 heavy (non-hydrogen) atoms. The summed E-state index contributed by atoms with van der Waals surface area (Å²) in [5, 5.41) is 10.2. The maximum Gasteiger partial charge on any atom is 0.225 e. The van der Waals surface area contributed by atoms with Gasteiger partial charge in [-0.15, -0.1) is 11.8 Å². The fourth-order valence-corrected chi connectivity index (χ4v) is 3.56. The molecule has 0 saturated heterocycles. The lowest BCUT2D eigenvalue weighted by Crippen LogP contribution is -2.35. The van der Waals surface area contributed by atoms with Crippen LogP contribution in [0.25, 0.3) is 0 Å². The zero-order valence-corrected chi connectivity index (χ0v) is 15.0. The van der Waals surface area contributed by atoms with Gasteiger partial charge in [0.1, 0.15) is 11.4 Å². The summed E-state index contributed by atoms with van der Waals surface area (Å²) in [7, 11) is 1.60. The van der Waals surface area contributed by atoms with Gasteiger partial charge in [-0.1, -0.05) is 17.7 Å². The van der Waals surface area contributed by atoms with Crippen molar-refractivity contribution in [1.29, 1.82) is 0 Å². The third kappa shape index (κ3) is 5.30. The lowest BCUT2D eigenvalue weighted by atomic mass is 10.2. The van der Waals surface area contributed by atoms with Gasteiger partial charge >= 0.3 is 0 Å². The van der Waals surface area contributed by atoms with E-state index in [0.717, 1.165) is 27.3 Å². The van der Waals surface area contributed by atoms with Gasteiger partial charge in [0.15, 0.2) is 0 Å². The van der Waals surface area contributed by atoms with Gasteiger partial charge in [0, 0.05) is 15.5 Å². The molecule has 2 aromatic rings. The number of rotatable bonds is 6. The first-order valence-electron chi connectivity index (χ1n) is 7.19. The quantitative estimate of drug-likeness (QED) is 0.794. The fraction of sp³-hybridized carbons (Fsp3) is 0.278. The van der Waals surface area contributed by atoms with Crippen LogP contribution >= 0.6 is 23.5 Å². The molecule has 0 saturated carbocycles. The van der Waals surface area contributed by atoms with E-state index in [9.17, 15) is 9.90 Å². The summed E-state index contributed by atoms with van der Waals surface area (Å²) < 4.78 is 5.09. The molecule has 0 heterocycles. The van der Waals surface area contributed by atoms with E-state index in [1.54, 1.807) is 26.2 Å². The maximum absolute atomic E-state index is 12.3. The summed E-state index contributed by atoms with van der Waals surface area (Å²) in [6.45, 7) is 3.59. The number of hydrogen-bond acceptors (Lipinski definition) is 5. The highest BCUT2D eigenvalue weighted by molar-refractivity contribution is 8.14. The summed E-state index contributed by atoms with van der Waals surface area (Å²) in [5.74, 6) is 1.06. The average Bonchev–Trinajstić information content (AvgIpc) is 2.55. The zero-order valence-electron chi connectivity index (χ0n) is 13.4. The predicted molar refractivity (Wildman–Crippen MR) is 96.4 cm³/mol. The molecule has 0 aliphatic carbocycles. The Bertz CT molecular complexity index is 649. The lowest BCUT2D eigenvalue weighted by molar-refractivity contribution is -0.124. The minimum Gasteiger partial charge on any atom is -0.497 e. The number of aliphatic hydroxyl groups is 1. The van der Waals surface area contributed by atoms with E-state index in [-0.39, 0.29) is 5.12 Å². The van der Waals surface area contributed by atoms with Crippen LogP contribution in [0.4, 0.5) is 0 Å². The standard InChI is InChI=1S/C18H20O3S2/c1-13-4-8-15(9-5-13)22-12-18(2,20)17(19)23-16-10-6-14(21-3)7-11-16/h4-11,20H,12H2,1-3H3/t18-/m1/s1. The molecule has 1 atom stereocenters. The summed E-state index contributed by atoms with van der Waals surface area (Å²) in [5.41, 5.74) is -0.201. The molecule has 0 aliphatic rings. The van der Waals surface area contributed by atoms with Crippen molar-refractivity contribution < 1.29 is 14.6 Å². The number of methoxy groups -OCH3 is 1. The normalized spacial score (nSPS) is 13.4. The zero-order chi connectivity index (χ0) is 16.9. The highest BCUT2D eigenvalue weighted by atomic mass is 32.2. The molecule has 2 rings (SSSR count). The molecule has 0 unspecified atom stereocenters. The van der Waals surface area contributed by atoms with E-state index in [2.05, 4.69) is 0 Å². The van der Waals surface area contributed by atoms with Crippen LogP contribution in [0, 0.1) is 6.92 Å². The Kier molecular flexibility index (Phi) is 6.16. The molecule has 1 N–H and O–H groups in total. The molecule has 3 nitrogen and oxygen atoms in total. The minimum atomic E-state index is -1.39. The van der Waals surface area contributed by atoms with E-state index in [1.165, 1.54) is 17.3 Å². The number of benzene rings is 2. The molecular formula is C18H20O3S2. The molecule has 0 fully saturated rings. The fourth-order valence-electron chi connectivity index (χ4n) is 1.78. The van der Waals surface area contributed by atoms with Crippen LogP contribution in [0.3, 0.4) is 0 Å². The third-order valence-corrected chi connectivity index (χ3v) is 5.70. The van der Waals surface area contributed by atoms with Crippen molar-refractivity contribution >= 4 is 28.6 Å². The van der Waals surface area contributed by atoms with Gasteiger partial charge in [0.25, 0.3) is 0 Å². The first kappa shape index (κ1) is 17.9. The smallest absolute Gasteiger partial charge is 0.225 e. The van der Waals surface area contributed by atoms with Crippen molar-refractivity contribution in [2.24, 2.45) is 0 Å². The van der Waals surface area contributed by atoms with Crippen LogP contribution < -0.4 is 4.74 Å². The summed E-state index contributed by atoms with van der Waals surface area (Å²) >= 11 is 2.53. The second-order valence-electron chi connectivity index (χ2n) is 5.44. The van der Waals surface area contributed by atoms with E-state index in [0.29, 0.717) is 5.75 Å². The number of ether oxygens (including phenoxy) is 1.